The van der Waals surface area contributed by atoms with Crippen LogP contribution in [0.25, 0.3) is 10.2 Å². The van der Waals surface area contributed by atoms with Crippen LogP contribution in [-0.4, -0.2) is 28.5 Å². The van der Waals surface area contributed by atoms with Crippen molar-refractivity contribution >= 4 is 39.0 Å². The Morgan fingerprint density at radius 2 is 1.97 bits per heavy atom. The minimum absolute atomic E-state index is 0.00726. The summed E-state index contributed by atoms with van der Waals surface area (Å²) in [5, 5.41) is 4.15. The Kier molecular flexibility index (Phi) is 10.00. The van der Waals surface area contributed by atoms with E-state index in [0.29, 0.717) is 31.6 Å². The van der Waals surface area contributed by atoms with Crippen molar-refractivity contribution in [2.75, 3.05) is 0 Å². The SMILES string of the molecule is C=CC(=O)CC[C@@H](NC(=O)[C@@H](CC(=O)CCC)Cc1nc2ccc(CC)cc2s1)C1CCCC1. The molecule has 1 amide bonds. The standard InChI is InChI=1S/C28H38N2O3S/c1-4-9-23(32)17-21(18-27-29-25-14-12-19(5-2)16-26(25)34-27)28(33)30-24(15-13-22(31)6-3)20-10-7-8-11-20/h6,12,14,16,20-21,24H,3-5,7-11,13,15,17-18H2,1-2H3,(H,30,33)/t21-,24+/m0/s1. The van der Waals surface area contributed by atoms with Crippen LogP contribution >= 0.6 is 11.3 Å². The zero-order valence-electron chi connectivity index (χ0n) is 20.6. The average Bonchev–Trinajstić information content (AvgIpc) is 3.50. The molecule has 1 heterocycles. The molecule has 0 bridgehead atoms. The molecule has 3 rings (SSSR count). The Balaban J connectivity index is 1.77. The molecule has 184 valence electrons. The molecule has 1 aliphatic rings. The minimum Gasteiger partial charge on any atom is -0.353 e. The van der Waals surface area contributed by atoms with E-state index in [2.05, 4.69) is 31.0 Å². The van der Waals surface area contributed by atoms with E-state index >= 15 is 0 Å². The Bertz CT molecular complexity index is 1010. The maximum Gasteiger partial charge on any atom is 0.224 e. The number of Topliss-reactive ketones (excluding diaryl/α,β-unsaturated/α-hetero) is 1. The number of nitrogens with one attached hydrogen (secondary N) is 1. The number of carbonyl (C=O) groups is 3. The molecule has 0 aliphatic heterocycles. The summed E-state index contributed by atoms with van der Waals surface area (Å²) in [4.78, 5) is 42.7. The van der Waals surface area contributed by atoms with E-state index in [1.807, 2.05) is 13.0 Å². The molecule has 1 aliphatic carbocycles. The lowest BCUT2D eigenvalue weighted by Gasteiger charge is -2.27. The molecule has 1 aromatic heterocycles. The normalized spacial score (nSPS) is 15.8. The highest BCUT2D eigenvalue weighted by molar-refractivity contribution is 7.18. The number of ketones is 2. The highest BCUT2D eigenvalue weighted by Gasteiger charge is 2.30. The first-order valence-electron chi connectivity index (χ1n) is 12.8. The van der Waals surface area contributed by atoms with Gasteiger partial charge >= 0.3 is 0 Å². The van der Waals surface area contributed by atoms with E-state index < -0.39 is 5.92 Å². The highest BCUT2D eigenvalue weighted by atomic mass is 32.1. The van der Waals surface area contributed by atoms with Crippen LogP contribution in [0.2, 0.25) is 0 Å². The number of carbonyl (C=O) groups excluding carboxylic acids is 3. The monoisotopic (exact) mass is 482 g/mol. The molecular weight excluding hydrogens is 444 g/mol. The smallest absolute Gasteiger partial charge is 0.224 e. The number of hydrogen-bond acceptors (Lipinski definition) is 5. The summed E-state index contributed by atoms with van der Waals surface area (Å²) in [6, 6.07) is 6.27. The maximum absolute atomic E-state index is 13.5. The number of fused-ring (bicyclic) bond motifs is 1. The van der Waals surface area contributed by atoms with Crippen molar-refractivity contribution < 1.29 is 14.4 Å². The number of hydrogen-bond donors (Lipinski definition) is 1. The van der Waals surface area contributed by atoms with Gasteiger partial charge in [-0.3, -0.25) is 14.4 Å². The van der Waals surface area contributed by atoms with Crippen LogP contribution in [0.1, 0.15) is 82.2 Å². The fourth-order valence-corrected chi connectivity index (χ4v) is 6.04. The zero-order valence-corrected chi connectivity index (χ0v) is 21.4. The molecule has 0 unspecified atom stereocenters. The van der Waals surface area contributed by atoms with E-state index in [1.54, 1.807) is 11.3 Å². The molecule has 6 heteroatoms. The van der Waals surface area contributed by atoms with Gasteiger partial charge in [-0.2, -0.15) is 0 Å². The summed E-state index contributed by atoms with van der Waals surface area (Å²) in [5.41, 5.74) is 2.21. The van der Waals surface area contributed by atoms with E-state index in [9.17, 15) is 14.4 Å². The molecule has 5 nitrogen and oxygen atoms in total. The molecule has 0 radical (unpaired) electrons. The number of nitrogens with zero attached hydrogens (tertiary/aromatic N) is 1. The number of allylic oxidation sites excluding steroid dienone is 1. The lowest BCUT2D eigenvalue weighted by Crippen LogP contribution is -2.44. The quantitative estimate of drug-likeness (QED) is 0.336. The van der Waals surface area contributed by atoms with Crippen molar-refractivity contribution in [2.45, 2.75) is 90.5 Å². The molecule has 34 heavy (non-hydrogen) atoms. The van der Waals surface area contributed by atoms with Crippen molar-refractivity contribution in [2.24, 2.45) is 11.8 Å². The maximum atomic E-state index is 13.5. The average molecular weight is 483 g/mol. The van der Waals surface area contributed by atoms with Gasteiger partial charge in [-0.1, -0.05) is 39.3 Å². The molecular formula is C28H38N2O3S. The van der Waals surface area contributed by atoms with Gasteiger partial charge in [0.05, 0.1) is 21.1 Å². The summed E-state index contributed by atoms with van der Waals surface area (Å²) in [6.07, 6.45) is 9.78. The molecule has 2 atom stereocenters. The number of aromatic nitrogens is 1. The lowest BCUT2D eigenvalue weighted by atomic mass is 9.91. The third kappa shape index (κ3) is 7.33. The Hall–Kier alpha value is -2.34. The molecule has 0 saturated heterocycles. The van der Waals surface area contributed by atoms with Crippen LogP contribution in [0, 0.1) is 11.8 Å². The van der Waals surface area contributed by atoms with Gasteiger partial charge in [0.25, 0.3) is 0 Å². The number of amides is 1. The van der Waals surface area contributed by atoms with Crippen LogP contribution in [0.5, 0.6) is 0 Å². The van der Waals surface area contributed by atoms with Crippen molar-refractivity contribution in [1.29, 1.82) is 0 Å². The topological polar surface area (TPSA) is 76.1 Å². The van der Waals surface area contributed by atoms with Gasteiger partial charge in [0, 0.05) is 31.7 Å². The molecule has 1 aromatic carbocycles. The first kappa shape index (κ1) is 26.3. The van der Waals surface area contributed by atoms with Crippen LogP contribution < -0.4 is 5.32 Å². The third-order valence-electron chi connectivity index (χ3n) is 6.93. The van der Waals surface area contributed by atoms with Crippen LogP contribution in [0.4, 0.5) is 0 Å². The summed E-state index contributed by atoms with van der Waals surface area (Å²) in [5.74, 6) is -0.00206. The van der Waals surface area contributed by atoms with Crippen LogP contribution in [0.3, 0.4) is 0 Å². The predicted octanol–water partition coefficient (Wildman–Crippen LogP) is 5.99. The van der Waals surface area contributed by atoms with Crippen LogP contribution in [0.15, 0.2) is 30.9 Å². The highest BCUT2D eigenvalue weighted by Crippen LogP contribution is 2.31. The summed E-state index contributed by atoms with van der Waals surface area (Å²) < 4.78 is 1.13. The fraction of sp³-hybridized carbons (Fsp3) is 0.571. The van der Waals surface area contributed by atoms with Gasteiger partial charge in [-0.15, -0.1) is 11.3 Å². The molecule has 0 spiro atoms. The van der Waals surface area contributed by atoms with Gasteiger partial charge in [-0.05, 0) is 61.8 Å². The molecule has 1 saturated carbocycles. The molecule has 1 fully saturated rings. The Labute approximate surface area is 207 Å². The Morgan fingerprint density at radius 1 is 1.21 bits per heavy atom. The second-order valence-corrected chi connectivity index (χ2v) is 10.6. The molecule has 1 N–H and O–H groups in total. The van der Waals surface area contributed by atoms with Crippen molar-refractivity contribution in [1.82, 2.24) is 10.3 Å². The summed E-state index contributed by atoms with van der Waals surface area (Å²) in [7, 11) is 0. The van der Waals surface area contributed by atoms with Crippen molar-refractivity contribution in [3.8, 4) is 0 Å². The third-order valence-corrected chi connectivity index (χ3v) is 7.97. The summed E-state index contributed by atoms with van der Waals surface area (Å²) in [6.45, 7) is 7.69. The molecule has 2 aromatic rings. The van der Waals surface area contributed by atoms with E-state index in [0.717, 1.165) is 53.7 Å². The number of benzene rings is 1. The first-order chi connectivity index (χ1) is 16.4. The second-order valence-electron chi connectivity index (χ2n) is 9.53. The van der Waals surface area contributed by atoms with E-state index in [-0.39, 0.29) is 29.9 Å². The summed E-state index contributed by atoms with van der Waals surface area (Å²) >= 11 is 1.62. The lowest BCUT2D eigenvalue weighted by molar-refractivity contribution is -0.130. The van der Waals surface area contributed by atoms with Gasteiger partial charge in [0.15, 0.2) is 5.78 Å². The minimum atomic E-state index is -0.440. The van der Waals surface area contributed by atoms with E-state index in [4.69, 9.17) is 4.98 Å². The Morgan fingerprint density at radius 3 is 2.65 bits per heavy atom. The van der Waals surface area contributed by atoms with Crippen molar-refractivity contribution in [3.05, 3.63) is 41.4 Å². The van der Waals surface area contributed by atoms with Gasteiger partial charge in [-0.25, -0.2) is 4.98 Å². The van der Waals surface area contributed by atoms with E-state index in [1.165, 1.54) is 11.6 Å². The van der Waals surface area contributed by atoms with Gasteiger partial charge < -0.3 is 5.32 Å². The van der Waals surface area contributed by atoms with Gasteiger partial charge in [0.1, 0.15) is 5.78 Å². The first-order valence-corrected chi connectivity index (χ1v) is 13.6. The van der Waals surface area contributed by atoms with Crippen molar-refractivity contribution in [3.63, 3.8) is 0 Å². The second kappa shape index (κ2) is 12.9. The van der Waals surface area contributed by atoms with Crippen LogP contribution in [-0.2, 0) is 27.2 Å². The number of thiazole rings is 1. The largest absolute Gasteiger partial charge is 0.353 e. The van der Waals surface area contributed by atoms with Gasteiger partial charge in [0.2, 0.25) is 5.91 Å². The predicted molar refractivity (Wildman–Crippen MR) is 139 cm³/mol. The number of rotatable bonds is 14. The fourth-order valence-electron chi connectivity index (χ4n) is 4.93. The number of aryl methyl sites for hydroxylation is 1. The zero-order chi connectivity index (χ0) is 24.5.